The van der Waals surface area contributed by atoms with Crippen LogP contribution >= 0.6 is 0 Å². The number of hydrogen-bond donors (Lipinski definition) is 2. The van der Waals surface area contributed by atoms with E-state index in [1.807, 2.05) is 36.4 Å². The van der Waals surface area contributed by atoms with Crippen molar-refractivity contribution >= 4 is 6.09 Å². The number of nitrogens with one attached hydrogen (secondary N) is 1. The van der Waals surface area contributed by atoms with Crippen molar-refractivity contribution in [3.8, 4) is 23.0 Å². The van der Waals surface area contributed by atoms with Crippen molar-refractivity contribution in [1.82, 2.24) is 5.32 Å². The van der Waals surface area contributed by atoms with Crippen molar-refractivity contribution in [3.63, 3.8) is 0 Å². The van der Waals surface area contributed by atoms with Gasteiger partial charge in [-0.1, -0.05) is 60.4 Å². The monoisotopic (exact) mass is 465 g/mol. The van der Waals surface area contributed by atoms with Crippen LogP contribution in [0.1, 0.15) is 40.2 Å². The molecule has 0 spiro atoms. The highest BCUT2D eigenvalue weighted by Crippen LogP contribution is 2.44. The Morgan fingerprint density at radius 3 is 2.26 bits per heavy atom. The number of benzene rings is 3. The zero-order valence-corrected chi connectivity index (χ0v) is 18.2. The lowest BCUT2D eigenvalue weighted by molar-refractivity contribution is -0.137. The molecule has 0 bridgehead atoms. The third-order valence-corrected chi connectivity index (χ3v) is 5.69. The number of aliphatic hydroxyl groups excluding tert-OH is 1. The van der Waals surface area contributed by atoms with Crippen molar-refractivity contribution < 1.29 is 27.8 Å². The number of halogens is 3. The number of ether oxygens (including phenoxy) is 1. The van der Waals surface area contributed by atoms with E-state index in [-0.39, 0.29) is 31.1 Å². The van der Waals surface area contributed by atoms with Gasteiger partial charge in [0.1, 0.15) is 6.61 Å². The Morgan fingerprint density at radius 2 is 1.65 bits per heavy atom. The first-order valence-electron chi connectivity index (χ1n) is 10.8. The number of amides is 1. The molecule has 0 heterocycles. The van der Waals surface area contributed by atoms with Gasteiger partial charge in [0.15, 0.2) is 0 Å². The molecule has 0 radical (unpaired) electrons. The van der Waals surface area contributed by atoms with Gasteiger partial charge in [0.05, 0.1) is 12.2 Å². The summed E-state index contributed by atoms with van der Waals surface area (Å²) in [7, 11) is 0. The largest absolute Gasteiger partial charge is 0.449 e. The fourth-order valence-electron chi connectivity index (χ4n) is 4.06. The van der Waals surface area contributed by atoms with Crippen molar-refractivity contribution in [2.24, 2.45) is 0 Å². The molecule has 34 heavy (non-hydrogen) atoms. The van der Waals surface area contributed by atoms with Crippen LogP contribution in [0.2, 0.25) is 0 Å². The van der Waals surface area contributed by atoms with Gasteiger partial charge in [0.25, 0.3) is 0 Å². The number of fused-ring (bicyclic) bond motifs is 3. The number of hydrogen-bond acceptors (Lipinski definition) is 3. The van der Waals surface area contributed by atoms with Crippen LogP contribution < -0.4 is 5.32 Å². The zero-order valence-electron chi connectivity index (χ0n) is 18.2. The molecule has 3 aromatic carbocycles. The van der Waals surface area contributed by atoms with Crippen LogP contribution in [0.4, 0.5) is 18.0 Å². The van der Waals surface area contributed by atoms with E-state index in [1.54, 1.807) is 0 Å². The molecule has 0 saturated carbocycles. The van der Waals surface area contributed by atoms with Gasteiger partial charge >= 0.3 is 12.3 Å². The number of carbonyl (C=O) groups is 1. The number of alkyl carbamates (subject to hydrolysis) is 1. The van der Waals surface area contributed by atoms with Crippen LogP contribution in [0.25, 0.3) is 11.1 Å². The van der Waals surface area contributed by atoms with Crippen LogP contribution in [-0.2, 0) is 17.5 Å². The normalized spacial score (nSPS) is 12.4. The summed E-state index contributed by atoms with van der Waals surface area (Å²) in [4.78, 5) is 12.2. The molecule has 0 saturated heterocycles. The Balaban J connectivity index is 1.29. The minimum atomic E-state index is -4.48. The first-order chi connectivity index (χ1) is 16.4. The Morgan fingerprint density at radius 1 is 1.00 bits per heavy atom. The molecule has 0 aromatic heterocycles. The van der Waals surface area contributed by atoms with E-state index in [0.29, 0.717) is 5.56 Å². The first-order valence-corrected chi connectivity index (χ1v) is 10.8. The summed E-state index contributed by atoms with van der Waals surface area (Å²) in [6.07, 6.45) is -4.77. The highest BCUT2D eigenvalue weighted by molar-refractivity contribution is 5.79. The lowest BCUT2D eigenvalue weighted by Crippen LogP contribution is -2.26. The molecule has 0 atom stereocenters. The van der Waals surface area contributed by atoms with Crippen molar-refractivity contribution in [2.75, 3.05) is 13.2 Å². The molecule has 3 aromatic rings. The molecule has 1 amide bonds. The summed E-state index contributed by atoms with van der Waals surface area (Å²) in [5.74, 6) is 5.51. The van der Waals surface area contributed by atoms with E-state index in [4.69, 9.17) is 4.74 Å². The first kappa shape index (κ1) is 23.4. The molecule has 1 aliphatic rings. The third-order valence-electron chi connectivity index (χ3n) is 5.69. The smallest absolute Gasteiger partial charge is 0.416 e. The molecule has 4 nitrogen and oxygen atoms in total. The fourth-order valence-corrected chi connectivity index (χ4v) is 4.06. The predicted octanol–water partition coefficient (Wildman–Crippen LogP) is 5.48. The minimum Gasteiger partial charge on any atom is -0.449 e. The summed E-state index contributed by atoms with van der Waals surface area (Å²) < 4.78 is 43.9. The molecule has 174 valence electrons. The zero-order chi connectivity index (χ0) is 24.1. The molecule has 2 N–H and O–H groups in total. The topological polar surface area (TPSA) is 58.6 Å². The molecular weight excluding hydrogens is 443 g/mol. The molecule has 0 aliphatic heterocycles. The molecule has 7 heteroatoms. The second-order valence-corrected chi connectivity index (χ2v) is 7.83. The predicted molar refractivity (Wildman–Crippen MR) is 122 cm³/mol. The quantitative estimate of drug-likeness (QED) is 0.388. The van der Waals surface area contributed by atoms with Crippen molar-refractivity contribution in [2.45, 2.75) is 25.1 Å². The number of aliphatic hydroxyl groups is 1. The van der Waals surface area contributed by atoms with Crippen molar-refractivity contribution in [3.05, 3.63) is 94.5 Å². The van der Waals surface area contributed by atoms with E-state index < -0.39 is 24.4 Å². The van der Waals surface area contributed by atoms with Gasteiger partial charge in [-0.2, -0.15) is 13.2 Å². The maximum atomic E-state index is 12.8. The maximum absolute atomic E-state index is 12.8. The second-order valence-electron chi connectivity index (χ2n) is 7.83. The van der Waals surface area contributed by atoms with Gasteiger partial charge in [-0.25, -0.2) is 4.79 Å². The highest BCUT2D eigenvalue weighted by atomic mass is 19.4. The second kappa shape index (κ2) is 10.0. The van der Waals surface area contributed by atoms with Crippen LogP contribution in [0.3, 0.4) is 0 Å². The summed E-state index contributed by atoms with van der Waals surface area (Å²) in [5.41, 5.74) is 4.13. The summed E-state index contributed by atoms with van der Waals surface area (Å²) in [6.45, 7) is -0.123. The Kier molecular flexibility index (Phi) is 6.90. The third kappa shape index (κ3) is 5.08. The van der Waals surface area contributed by atoms with Crippen LogP contribution in [0, 0.1) is 11.8 Å². The Bertz CT molecular complexity index is 1210. The summed E-state index contributed by atoms with van der Waals surface area (Å²) >= 11 is 0. The van der Waals surface area contributed by atoms with Gasteiger partial charge in [-0.15, -0.1) is 0 Å². The van der Waals surface area contributed by atoms with E-state index in [9.17, 15) is 23.1 Å². The van der Waals surface area contributed by atoms with Crippen LogP contribution in [-0.4, -0.2) is 24.4 Å². The Hall–Kier alpha value is -3.76. The van der Waals surface area contributed by atoms with Crippen LogP contribution in [0.15, 0.2) is 66.7 Å². The number of alkyl halides is 3. The molecule has 1 aliphatic carbocycles. The summed E-state index contributed by atoms with van der Waals surface area (Å²) in [5, 5.41) is 12.0. The average molecular weight is 465 g/mol. The lowest BCUT2D eigenvalue weighted by atomic mass is 9.98. The highest BCUT2D eigenvalue weighted by Gasteiger charge is 2.31. The maximum Gasteiger partial charge on any atom is 0.416 e. The van der Waals surface area contributed by atoms with E-state index in [1.165, 1.54) is 6.07 Å². The standard InChI is InChI=1S/C27H22F3NO3/c28-27(29,30)20-13-12-18(19(15-20)16-32)7-5-6-14-31-26(33)34-17-25-23-10-3-1-8-21(23)22-9-2-4-11-24(22)25/h1-4,8-13,15,25,32H,6,14,16-17H2,(H,31,33). The fraction of sp³-hybridized carbons (Fsp3) is 0.222. The van der Waals surface area contributed by atoms with Gasteiger partial charge in [0, 0.05) is 24.4 Å². The van der Waals surface area contributed by atoms with Gasteiger partial charge in [-0.3, -0.25) is 0 Å². The van der Waals surface area contributed by atoms with Gasteiger partial charge in [-0.05, 0) is 46.0 Å². The Labute approximate surface area is 195 Å². The molecule has 4 rings (SSSR count). The molecule has 0 fully saturated rings. The number of rotatable bonds is 5. The molecule has 0 unspecified atom stereocenters. The minimum absolute atomic E-state index is 0.0329. The van der Waals surface area contributed by atoms with E-state index in [0.717, 1.165) is 34.4 Å². The van der Waals surface area contributed by atoms with Crippen LogP contribution in [0.5, 0.6) is 0 Å². The van der Waals surface area contributed by atoms with Gasteiger partial charge in [0.2, 0.25) is 0 Å². The number of carbonyl (C=O) groups excluding carboxylic acids is 1. The average Bonchev–Trinajstić information content (AvgIpc) is 3.15. The van der Waals surface area contributed by atoms with Gasteiger partial charge < -0.3 is 15.2 Å². The summed E-state index contributed by atoms with van der Waals surface area (Å²) in [6, 6.07) is 19.2. The molecular formula is C27H22F3NO3. The van der Waals surface area contributed by atoms with Crippen molar-refractivity contribution in [1.29, 1.82) is 0 Å². The van der Waals surface area contributed by atoms with E-state index >= 15 is 0 Å². The lowest BCUT2D eigenvalue weighted by Gasteiger charge is -2.14. The SMILES string of the molecule is O=C(NCCC#Cc1ccc(C(F)(F)F)cc1CO)OCC1c2ccccc2-c2ccccc21. The van der Waals surface area contributed by atoms with E-state index in [2.05, 4.69) is 29.3 Å².